The number of imide groups is 1. The molecule has 0 aliphatic carbocycles. The number of carbonyl (C=O) groups excluding carboxylic acids is 2. The molecule has 2 fully saturated rings. The first kappa shape index (κ1) is 20.1. The maximum absolute atomic E-state index is 13.4. The van der Waals surface area contributed by atoms with Crippen LogP contribution in [0.3, 0.4) is 0 Å². The van der Waals surface area contributed by atoms with Crippen molar-refractivity contribution in [3.63, 3.8) is 0 Å². The average Bonchev–Trinajstić information content (AvgIpc) is 2.95. The van der Waals surface area contributed by atoms with E-state index < -0.39 is 5.54 Å². The van der Waals surface area contributed by atoms with Crippen LogP contribution in [0.15, 0.2) is 42.6 Å². The predicted octanol–water partition coefficient (Wildman–Crippen LogP) is 1.51. The highest BCUT2D eigenvalue weighted by atomic mass is 16.5. The highest BCUT2D eigenvalue weighted by molar-refractivity contribution is 6.07. The summed E-state index contributed by atoms with van der Waals surface area (Å²) in [6.07, 6.45) is 2.68. The standard InChI is InChI=1S/C21H26N6O3/c1-30-14-13-26-18(28)21(27(20(26)29)15-16-5-3-2-4-6-16)8-11-25(12-9-21)17-7-10-23-19(22)24-17/h2-7,10H,8-9,11-15H2,1H3,(H2,22,23,24). The van der Waals surface area contributed by atoms with Gasteiger partial charge in [0.05, 0.1) is 13.2 Å². The van der Waals surface area contributed by atoms with Gasteiger partial charge in [0.25, 0.3) is 5.91 Å². The van der Waals surface area contributed by atoms with Crippen LogP contribution in [0.4, 0.5) is 16.6 Å². The maximum Gasteiger partial charge on any atom is 0.328 e. The fourth-order valence-corrected chi connectivity index (χ4v) is 4.28. The van der Waals surface area contributed by atoms with Crippen LogP contribution < -0.4 is 10.6 Å². The summed E-state index contributed by atoms with van der Waals surface area (Å²) in [5.41, 5.74) is 5.87. The Morgan fingerprint density at radius 2 is 1.87 bits per heavy atom. The van der Waals surface area contributed by atoms with Gasteiger partial charge in [0.1, 0.15) is 11.4 Å². The van der Waals surface area contributed by atoms with Gasteiger partial charge in [-0.3, -0.25) is 9.69 Å². The van der Waals surface area contributed by atoms with E-state index in [0.717, 1.165) is 11.4 Å². The van der Waals surface area contributed by atoms with E-state index in [4.69, 9.17) is 10.5 Å². The van der Waals surface area contributed by atoms with E-state index in [1.165, 1.54) is 4.90 Å². The zero-order chi connectivity index (χ0) is 21.1. The number of nitrogens with zero attached hydrogens (tertiary/aromatic N) is 5. The number of piperidine rings is 1. The minimum absolute atomic E-state index is 0.137. The molecule has 158 valence electrons. The summed E-state index contributed by atoms with van der Waals surface area (Å²) in [5, 5.41) is 0. The molecule has 9 heteroatoms. The maximum atomic E-state index is 13.4. The van der Waals surface area contributed by atoms with E-state index in [1.807, 2.05) is 36.4 Å². The molecule has 2 saturated heterocycles. The first-order chi connectivity index (χ1) is 14.5. The summed E-state index contributed by atoms with van der Waals surface area (Å²) in [6, 6.07) is 11.3. The first-order valence-corrected chi connectivity index (χ1v) is 10.0. The lowest BCUT2D eigenvalue weighted by atomic mass is 9.85. The summed E-state index contributed by atoms with van der Waals surface area (Å²) < 4.78 is 5.12. The van der Waals surface area contributed by atoms with Crippen molar-refractivity contribution in [3.05, 3.63) is 48.2 Å². The third kappa shape index (κ3) is 3.56. The number of anilines is 2. The number of amides is 3. The second kappa shape index (κ2) is 8.27. The largest absolute Gasteiger partial charge is 0.383 e. The van der Waals surface area contributed by atoms with Gasteiger partial charge in [-0.25, -0.2) is 9.78 Å². The molecule has 9 nitrogen and oxygen atoms in total. The summed E-state index contributed by atoms with van der Waals surface area (Å²) in [4.78, 5) is 40.1. The third-order valence-electron chi connectivity index (χ3n) is 5.90. The second-order valence-corrected chi connectivity index (χ2v) is 7.60. The topological polar surface area (TPSA) is 105 Å². The van der Waals surface area contributed by atoms with E-state index in [2.05, 4.69) is 14.9 Å². The molecule has 2 aliphatic heterocycles. The first-order valence-electron chi connectivity index (χ1n) is 10.0. The lowest BCUT2D eigenvalue weighted by Crippen LogP contribution is -2.56. The molecule has 0 unspecified atom stereocenters. The molecule has 0 atom stereocenters. The Labute approximate surface area is 175 Å². The smallest absolute Gasteiger partial charge is 0.328 e. The number of ether oxygens (including phenoxy) is 1. The van der Waals surface area contributed by atoms with E-state index >= 15 is 0 Å². The summed E-state index contributed by atoms with van der Waals surface area (Å²) in [5.74, 6) is 0.818. The summed E-state index contributed by atoms with van der Waals surface area (Å²) >= 11 is 0. The molecule has 3 amide bonds. The van der Waals surface area contributed by atoms with Gasteiger partial charge in [-0.1, -0.05) is 30.3 Å². The van der Waals surface area contributed by atoms with E-state index in [9.17, 15) is 9.59 Å². The molecule has 3 heterocycles. The highest BCUT2D eigenvalue weighted by Gasteiger charge is 2.57. The van der Waals surface area contributed by atoms with Crippen molar-refractivity contribution in [2.24, 2.45) is 0 Å². The molecule has 1 aromatic heterocycles. The number of aromatic nitrogens is 2. The highest BCUT2D eigenvalue weighted by Crippen LogP contribution is 2.39. The summed E-state index contributed by atoms with van der Waals surface area (Å²) in [7, 11) is 1.56. The molecule has 0 saturated carbocycles. The van der Waals surface area contributed by atoms with Crippen LogP contribution in [-0.2, 0) is 16.1 Å². The molecular weight excluding hydrogens is 384 g/mol. The molecule has 4 rings (SSSR count). The van der Waals surface area contributed by atoms with Crippen molar-refractivity contribution >= 4 is 23.7 Å². The fraction of sp³-hybridized carbons (Fsp3) is 0.429. The van der Waals surface area contributed by atoms with Gasteiger partial charge in [-0.15, -0.1) is 0 Å². The van der Waals surface area contributed by atoms with Gasteiger partial charge >= 0.3 is 6.03 Å². The minimum Gasteiger partial charge on any atom is -0.383 e. The van der Waals surface area contributed by atoms with E-state index in [1.54, 1.807) is 18.2 Å². The lowest BCUT2D eigenvalue weighted by Gasteiger charge is -2.42. The van der Waals surface area contributed by atoms with Crippen molar-refractivity contribution in [2.75, 3.05) is 44.0 Å². The van der Waals surface area contributed by atoms with Crippen LogP contribution in [0.1, 0.15) is 18.4 Å². The number of methoxy groups -OCH3 is 1. The fourth-order valence-electron chi connectivity index (χ4n) is 4.28. The van der Waals surface area contributed by atoms with E-state index in [0.29, 0.717) is 39.1 Å². The van der Waals surface area contributed by atoms with Crippen molar-refractivity contribution in [3.8, 4) is 0 Å². The number of hydrogen-bond donors (Lipinski definition) is 1. The van der Waals surface area contributed by atoms with Gasteiger partial charge in [-0.2, -0.15) is 4.98 Å². The number of benzene rings is 1. The Morgan fingerprint density at radius 3 is 2.53 bits per heavy atom. The van der Waals surface area contributed by atoms with Crippen molar-refractivity contribution in [1.82, 2.24) is 19.8 Å². The number of nitrogen functional groups attached to an aromatic ring is 1. The van der Waals surface area contributed by atoms with Gasteiger partial charge in [0.2, 0.25) is 5.95 Å². The number of hydrogen-bond acceptors (Lipinski definition) is 7. The monoisotopic (exact) mass is 410 g/mol. The van der Waals surface area contributed by atoms with Crippen molar-refractivity contribution < 1.29 is 14.3 Å². The van der Waals surface area contributed by atoms with Crippen LogP contribution in [0, 0.1) is 0 Å². The van der Waals surface area contributed by atoms with Crippen molar-refractivity contribution in [2.45, 2.75) is 24.9 Å². The Balaban J connectivity index is 1.59. The molecule has 2 N–H and O–H groups in total. The normalized spacial score (nSPS) is 18.5. The van der Waals surface area contributed by atoms with Crippen LogP contribution >= 0.6 is 0 Å². The molecule has 1 aromatic carbocycles. The Hall–Kier alpha value is -3.20. The Morgan fingerprint density at radius 1 is 1.13 bits per heavy atom. The Kier molecular flexibility index (Phi) is 5.54. The number of rotatable bonds is 6. The number of nitrogens with two attached hydrogens (primary N) is 1. The third-order valence-corrected chi connectivity index (χ3v) is 5.90. The summed E-state index contributed by atoms with van der Waals surface area (Å²) in [6.45, 7) is 2.17. The van der Waals surface area contributed by atoms with Gasteiger partial charge < -0.3 is 20.3 Å². The van der Waals surface area contributed by atoms with Crippen LogP contribution in [-0.4, -0.2) is 70.6 Å². The predicted molar refractivity (Wildman–Crippen MR) is 112 cm³/mol. The SMILES string of the molecule is COCCN1C(=O)N(Cc2ccccc2)C2(CCN(c3ccnc(N)n3)CC2)C1=O. The molecule has 0 bridgehead atoms. The molecule has 2 aliphatic rings. The second-order valence-electron chi connectivity index (χ2n) is 7.60. The number of urea groups is 1. The average molecular weight is 410 g/mol. The lowest BCUT2D eigenvalue weighted by molar-refractivity contribution is -0.134. The van der Waals surface area contributed by atoms with E-state index in [-0.39, 0.29) is 24.4 Å². The van der Waals surface area contributed by atoms with Gasteiger partial charge in [-0.05, 0) is 24.5 Å². The van der Waals surface area contributed by atoms with Crippen LogP contribution in [0.25, 0.3) is 0 Å². The quantitative estimate of drug-likeness (QED) is 0.720. The minimum atomic E-state index is -0.851. The zero-order valence-electron chi connectivity index (χ0n) is 17.0. The van der Waals surface area contributed by atoms with Crippen molar-refractivity contribution in [1.29, 1.82) is 0 Å². The molecule has 2 aromatic rings. The molecular formula is C21H26N6O3. The molecule has 30 heavy (non-hydrogen) atoms. The van der Waals surface area contributed by atoms with Crippen LogP contribution in [0.5, 0.6) is 0 Å². The number of carbonyl (C=O) groups is 2. The van der Waals surface area contributed by atoms with Gasteiger partial charge in [0, 0.05) is 32.9 Å². The molecule has 1 spiro atoms. The molecule has 0 radical (unpaired) electrons. The Bertz CT molecular complexity index is 914. The van der Waals surface area contributed by atoms with Gasteiger partial charge in [0.15, 0.2) is 0 Å². The van der Waals surface area contributed by atoms with Crippen LogP contribution in [0.2, 0.25) is 0 Å². The zero-order valence-corrected chi connectivity index (χ0v) is 17.0.